The molecule has 1 N–H and O–H groups in total. The van der Waals surface area contributed by atoms with Crippen LogP contribution in [0.25, 0.3) is 11.0 Å². The third kappa shape index (κ3) is 4.93. The summed E-state index contributed by atoms with van der Waals surface area (Å²) in [5, 5.41) is 12.9. The van der Waals surface area contributed by atoms with Crippen LogP contribution in [0.2, 0.25) is 0 Å². The van der Waals surface area contributed by atoms with E-state index in [2.05, 4.69) is 35.4 Å². The van der Waals surface area contributed by atoms with Gasteiger partial charge in [-0.25, -0.2) is 4.98 Å². The lowest BCUT2D eigenvalue weighted by Crippen LogP contribution is -2.30. The van der Waals surface area contributed by atoms with Crippen molar-refractivity contribution in [2.24, 2.45) is 0 Å². The first-order valence-electron chi connectivity index (χ1n) is 9.52. The van der Waals surface area contributed by atoms with E-state index < -0.39 is 0 Å². The van der Waals surface area contributed by atoms with Crippen LogP contribution < -0.4 is 5.32 Å². The smallest absolute Gasteiger partial charge is 0.230 e. The van der Waals surface area contributed by atoms with Crippen molar-refractivity contribution in [3.8, 4) is 6.07 Å². The summed E-state index contributed by atoms with van der Waals surface area (Å²) in [6.45, 7) is 2.69. The summed E-state index contributed by atoms with van der Waals surface area (Å²) >= 11 is 1.42. The van der Waals surface area contributed by atoms with Gasteiger partial charge in [0.15, 0.2) is 5.16 Å². The number of fused-ring (bicyclic) bond motifs is 1. The van der Waals surface area contributed by atoms with Gasteiger partial charge in [-0.2, -0.15) is 5.26 Å². The van der Waals surface area contributed by atoms with E-state index in [9.17, 15) is 4.79 Å². The van der Waals surface area contributed by atoms with Crippen LogP contribution in [0.1, 0.15) is 37.8 Å². The maximum absolute atomic E-state index is 12.6. The Morgan fingerprint density at radius 3 is 2.71 bits per heavy atom. The van der Waals surface area contributed by atoms with Gasteiger partial charge in [0.05, 0.1) is 35.3 Å². The zero-order valence-electron chi connectivity index (χ0n) is 16.0. The summed E-state index contributed by atoms with van der Waals surface area (Å²) < 4.78 is 2.03. The maximum atomic E-state index is 12.6. The number of nitrogens with one attached hydrogen (secondary N) is 1. The maximum Gasteiger partial charge on any atom is 0.230 e. The van der Waals surface area contributed by atoms with Crippen LogP contribution in [0.15, 0.2) is 59.8 Å². The molecule has 2 aromatic carbocycles. The van der Waals surface area contributed by atoms with E-state index >= 15 is 0 Å². The third-order valence-corrected chi connectivity index (χ3v) is 5.49. The molecular weight excluding hydrogens is 368 g/mol. The van der Waals surface area contributed by atoms with Gasteiger partial charge in [-0.15, -0.1) is 0 Å². The number of rotatable bonds is 9. The molecule has 144 valence electrons. The summed E-state index contributed by atoms with van der Waals surface area (Å²) in [6.07, 6.45) is 2.31. The minimum atomic E-state index is -0.00816. The highest BCUT2D eigenvalue weighted by atomic mass is 32.2. The number of hydrogen-bond acceptors (Lipinski definition) is 4. The molecule has 0 fully saturated rings. The number of hydrogen-bond donors (Lipinski definition) is 1. The van der Waals surface area contributed by atoms with Crippen molar-refractivity contribution in [2.45, 2.75) is 43.9 Å². The van der Waals surface area contributed by atoms with Crippen LogP contribution in [0.5, 0.6) is 0 Å². The van der Waals surface area contributed by atoms with Crippen molar-refractivity contribution >= 4 is 28.7 Å². The molecule has 0 aliphatic carbocycles. The monoisotopic (exact) mass is 392 g/mol. The summed E-state index contributed by atoms with van der Waals surface area (Å²) in [5.74, 6) is 0.286. The predicted octanol–water partition coefficient (Wildman–Crippen LogP) is 4.70. The Kier molecular flexibility index (Phi) is 7.10. The molecule has 0 spiro atoms. The number of aromatic nitrogens is 2. The summed E-state index contributed by atoms with van der Waals surface area (Å²) in [6, 6.07) is 20.1. The van der Waals surface area contributed by atoms with Gasteiger partial charge in [0.2, 0.25) is 5.91 Å². The Bertz CT molecular complexity index is 962. The summed E-state index contributed by atoms with van der Waals surface area (Å²) in [4.78, 5) is 17.2. The minimum absolute atomic E-state index is 0.00816. The zero-order chi connectivity index (χ0) is 19.8. The molecule has 3 rings (SSSR count). The average Bonchev–Trinajstić information content (AvgIpc) is 3.08. The molecule has 1 amide bonds. The summed E-state index contributed by atoms with van der Waals surface area (Å²) in [7, 11) is 0. The normalized spacial score (nSPS) is 11.9. The van der Waals surface area contributed by atoms with Crippen LogP contribution in [0, 0.1) is 11.3 Å². The third-order valence-electron chi connectivity index (χ3n) is 4.51. The molecule has 0 bridgehead atoms. The molecule has 3 aromatic rings. The molecule has 1 unspecified atom stereocenters. The van der Waals surface area contributed by atoms with Gasteiger partial charge in [-0.3, -0.25) is 4.79 Å². The highest BCUT2D eigenvalue weighted by Gasteiger charge is 2.16. The molecular formula is C22H24N4OS. The molecule has 1 heterocycles. The molecule has 1 atom stereocenters. The first-order valence-corrected chi connectivity index (χ1v) is 10.5. The van der Waals surface area contributed by atoms with E-state index in [-0.39, 0.29) is 11.9 Å². The van der Waals surface area contributed by atoms with Crippen LogP contribution in [-0.2, 0) is 11.3 Å². The molecule has 0 aliphatic rings. The molecule has 6 heteroatoms. The van der Waals surface area contributed by atoms with E-state index in [4.69, 9.17) is 5.26 Å². The fourth-order valence-electron chi connectivity index (χ4n) is 3.20. The predicted molar refractivity (Wildman–Crippen MR) is 113 cm³/mol. The van der Waals surface area contributed by atoms with E-state index in [1.807, 2.05) is 47.0 Å². The van der Waals surface area contributed by atoms with Gasteiger partial charge < -0.3 is 9.88 Å². The lowest BCUT2D eigenvalue weighted by Gasteiger charge is -2.18. The Morgan fingerprint density at radius 1 is 1.21 bits per heavy atom. The van der Waals surface area contributed by atoms with Crippen LogP contribution in [-0.4, -0.2) is 21.2 Å². The number of aryl methyl sites for hydroxylation is 1. The molecule has 28 heavy (non-hydrogen) atoms. The standard InChI is InChI=1S/C22H24N4OS/c1-2-9-18(17-10-4-3-5-11-17)24-21(27)16-28-22-25-19-12-6-7-13-20(19)26(22)15-8-14-23/h3-7,10-13,18H,2,8-9,15-16H2,1H3,(H,24,27). The van der Waals surface area contributed by atoms with Gasteiger partial charge >= 0.3 is 0 Å². The molecule has 5 nitrogen and oxygen atoms in total. The number of para-hydroxylation sites is 2. The molecule has 0 saturated carbocycles. The molecule has 0 radical (unpaired) electrons. The number of amides is 1. The largest absolute Gasteiger partial charge is 0.349 e. The minimum Gasteiger partial charge on any atom is -0.349 e. The molecule has 0 aliphatic heterocycles. The number of thioether (sulfide) groups is 1. The Hall–Kier alpha value is -2.78. The van der Waals surface area contributed by atoms with Crippen LogP contribution >= 0.6 is 11.8 Å². The SMILES string of the molecule is CCCC(NC(=O)CSc1nc2ccccc2n1CCC#N)c1ccccc1. The molecule has 0 saturated heterocycles. The first-order chi connectivity index (χ1) is 13.7. The summed E-state index contributed by atoms with van der Waals surface area (Å²) in [5.41, 5.74) is 3.01. The Morgan fingerprint density at radius 2 is 1.96 bits per heavy atom. The number of carbonyl (C=O) groups excluding carboxylic acids is 1. The lowest BCUT2D eigenvalue weighted by molar-refractivity contribution is -0.119. The van der Waals surface area contributed by atoms with Crippen molar-refractivity contribution in [1.29, 1.82) is 5.26 Å². The second kappa shape index (κ2) is 9.95. The van der Waals surface area contributed by atoms with E-state index in [0.29, 0.717) is 18.7 Å². The van der Waals surface area contributed by atoms with Gasteiger partial charge in [-0.05, 0) is 24.1 Å². The Balaban J connectivity index is 1.69. The second-order valence-corrected chi connectivity index (χ2v) is 7.49. The van der Waals surface area contributed by atoms with Crippen molar-refractivity contribution < 1.29 is 4.79 Å². The second-order valence-electron chi connectivity index (χ2n) is 6.55. The Labute approximate surface area is 169 Å². The van der Waals surface area contributed by atoms with Crippen molar-refractivity contribution in [2.75, 3.05) is 5.75 Å². The quantitative estimate of drug-likeness (QED) is 0.536. The van der Waals surface area contributed by atoms with Gasteiger partial charge in [0.25, 0.3) is 0 Å². The number of imidazole rings is 1. The van der Waals surface area contributed by atoms with E-state index in [1.165, 1.54) is 11.8 Å². The molecule has 1 aromatic heterocycles. The number of carbonyl (C=O) groups is 1. The van der Waals surface area contributed by atoms with Gasteiger partial charge in [-0.1, -0.05) is 67.6 Å². The topological polar surface area (TPSA) is 70.7 Å². The number of nitrogens with zero attached hydrogens (tertiary/aromatic N) is 3. The number of benzene rings is 2. The van der Waals surface area contributed by atoms with Crippen molar-refractivity contribution in [1.82, 2.24) is 14.9 Å². The van der Waals surface area contributed by atoms with E-state index in [0.717, 1.165) is 34.6 Å². The highest BCUT2D eigenvalue weighted by molar-refractivity contribution is 7.99. The number of nitriles is 1. The zero-order valence-corrected chi connectivity index (χ0v) is 16.8. The van der Waals surface area contributed by atoms with E-state index in [1.54, 1.807) is 0 Å². The van der Waals surface area contributed by atoms with Crippen molar-refractivity contribution in [3.05, 3.63) is 60.2 Å². The van der Waals surface area contributed by atoms with Crippen LogP contribution in [0.3, 0.4) is 0 Å². The lowest BCUT2D eigenvalue weighted by atomic mass is 10.0. The first kappa shape index (κ1) is 20.0. The van der Waals surface area contributed by atoms with Crippen LogP contribution in [0.4, 0.5) is 0 Å². The fourth-order valence-corrected chi connectivity index (χ4v) is 4.06. The van der Waals surface area contributed by atoms with Crippen molar-refractivity contribution in [3.63, 3.8) is 0 Å². The van der Waals surface area contributed by atoms with Gasteiger partial charge in [0, 0.05) is 6.54 Å². The average molecular weight is 393 g/mol. The van der Waals surface area contributed by atoms with Gasteiger partial charge in [0.1, 0.15) is 0 Å². The highest BCUT2D eigenvalue weighted by Crippen LogP contribution is 2.25. The fraction of sp³-hybridized carbons (Fsp3) is 0.318.